The summed E-state index contributed by atoms with van der Waals surface area (Å²) in [7, 11) is -4.22. The lowest BCUT2D eigenvalue weighted by molar-refractivity contribution is -0.118. The molecule has 0 aliphatic rings. The van der Waals surface area contributed by atoms with Crippen molar-refractivity contribution < 1.29 is 22.4 Å². The van der Waals surface area contributed by atoms with Gasteiger partial charge in [-0.3, -0.25) is 9.59 Å². The highest BCUT2D eigenvalue weighted by molar-refractivity contribution is 7.89. The molecule has 0 spiro atoms. The second-order valence-corrected chi connectivity index (χ2v) is 8.08. The number of amides is 1. The molecule has 2 aromatic carbocycles. The number of anilines is 1. The summed E-state index contributed by atoms with van der Waals surface area (Å²) in [4.78, 5) is 23.3. The molecule has 0 bridgehead atoms. The van der Waals surface area contributed by atoms with Crippen LogP contribution in [0.3, 0.4) is 0 Å². The van der Waals surface area contributed by atoms with Crippen molar-refractivity contribution in [1.29, 1.82) is 0 Å². The molecule has 27 heavy (non-hydrogen) atoms. The molecule has 144 valence electrons. The Bertz CT molecular complexity index is 940. The molecule has 8 heteroatoms. The van der Waals surface area contributed by atoms with E-state index in [-0.39, 0.29) is 11.7 Å². The number of halogens is 1. The molecule has 0 radical (unpaired) electrons. The Morgan fingerprint density at radius 2 is 1.59 bits per heavy atom. The molecule has 2 rings (SSSR count). The number of rotatable bonds is 7. The minimum Gasteiger partial charge on any atom is -0.325 e. The van der Waals surface area contributed by atoms with Crippen LogP contribution in [0.2, 0.25) is 0 Å². The number of carbonyl (C=O) groups excluding carboxylic acids is 2. The molecule has 0 fully saturated rings. The molecule has 0 aliphatic heterocycles. The number of Topliss-reactive ketones (excluding diaryl/α,β-unsaturated/α-hetero) is 1. The zero-order valence-electron chi connectivity index (χ0n) is 15.2. The van der Waals surface area contributed by atoms with Gasteiger partial charge in [0.15, 0.2) is 5.78 Å². The summed E-state index contributed by atoms with van der Waals surface area (Å²) in [6, 6.07) is 10.1. The SMILES string of the molecule is CC(=O)c1ccc(NC(=O)C(NS(=O)(=O)c2ccccc2F)C(C)C)cc1. The van der Waals surface area contributed by atoms with Gasteiger partial charge in [0.05, 0.1) is 0 Å². The van der Waals surface area contributed by atoms with E-state index in [2.05, 4.69) is 10.0 Å². The monoisotopic (exact) mass is 392 g/mol. The van der Waals surface area contributed by atoms with Gasteiger partial charge in [0.2, 0.25) is 15.9 Å². The summed E-state index contributed by atoms with van der Waals surface area (Å²) in [6.07, 6.45) is 0. The maximum atomic E-state index is 13.8. The maximum Gasteiger partial charge on any atom is 0.244 e. The van der Waals surface area contributed by atoms with E-state index in [0.29, 0.717) is 11.3 Å². The van der Waals surface area contributed by atoms with Crippen LogP contribution in [0, 0.1) is 11.7 Å². The summed E-state index contributed by atoms with van der Waals surface area (Å²) in [5.74, 6) is -1.97. The van der Waals surface area contributed by atoms with E-state index in [0.717, 1.165) is 12.1 Å². The Morgan fingerprint density at radius 3 is 2.11 bits per heavy atom. The number of ketones is 1. The lowest BCUT2D eigenvalue weighted by Crippen LogP contribution is -2.47. The smallest absolute Gasteiger partial charge is 0.244 e. The Balaban J connectivity index is 2.20. The molecule has 6 nitrogen and oxygen atoms in total. The first kappa shape index (κ1) is 20.7. The van der Waals surface area contributed by atoms with Crippen molar-refractivity contribution in [2.75, 3.05) is 5.32 Å². The van der Waals surface area contributed by atoms with Crippen molar-refractivity contribution in [3.05, 3.63) is 59.9 Å². The van der Waals surface area contributed by atoms with Crippen molar-refractivity contribution in [2.45, 2.75) is 31.7 Å². The summed E-state index contributed by atoms with van der Waals surface area (Å²) < 4.78 is 41.1. The van der Waals surface area contributed by atoms with Gasteiger partial charge in [0.25, 0.3) is 0 Å². The lowest BCUT2D eigenvalue weighted by atomic mass is 10.0. The number of carbonyl (C=O) groups is 2. The molecule has 0 saturated carbocycles. The summed E-state index contributed by atoms with van der Waals surface area (Å²) in [5.41, 5.74) is 0.911. The van der Waals surface area contributed by atoms with E-state index in [9.17, 15) is 22.4 Å². The van der Waals surface area contributed by atoms with Crippen molar-refractivity contribution in [1.82, 2.24) is 4.72 Å². The number of nitrogens with one attached hydrogen (secondary N) is 2. The van der Waals surface area contributed by atoms with Gasteiger partial charge < -0.3 is 5.32 Å². The van der Waals surface area contributed by atoms with E-state index in [1.165, 1.54) is 19.1 Å². The Hall–Kier alpha value is -2.58. The second-order valence-electron chi connectivity index (χ2n) is 6.40. The third-order valence-electron chi connectivity index (χ3n) is 3.92. The highest BCUT2D eigenvalue weighted by atomic mass is 32.2. The maximum absolute atomic E-state index is 13.8. The van der Waals surface area contributed by atoms with Crippen LogP contribution in [-0.2, 0) is 14.8 Å². The number of hydrogen-bond donors (Lipinski definition) is 2. The van der Waals surface area contributed by atoms with Crippen molar-refractivity contribution in [2.24, 2.45) is 5.92 Å². The predicted octanol–water partition coefficient (Wildman–Crippen LogP) is 2.97. The van der Waals surface area contributed by atoms with Crippen LogP contribution in [0.25, 0.3) is 0 Å². The standard InChI is InChI=1S/C19H21FN2O4S/c1-12(2)18(22-27(25,26)17-7-5-4-6-16(17)20)19(24)21-15-10-8-14(9-11-15)13(3)23/h4-12,18,22H,1-3H3,(H,21,24). The summed E-state index contributed by atoms with van der Waals surface area (Å²) in [5, 5.41) is 2.61. The quantitative estimate of drug-likeness (QED) is 0.709. The van der Waals surface area contributed by atoms with Gasteiger partial charge in [-0.05, 0) is 49.2 Å². The second kappa shape index (κ2) is 8.41. The molecule has 2 N–H and O–H groups in total. The van der Waals surface area contributed by atoms with Crippen molar-refractivity contribution >= 4 is 27.4 Å². The molecule has 2 aromatic rings. The lowest BCUT2D eigenvalue weighted by Gasteiger charge is -2.22. The first-order valence-electron chi connectivity index (χ1n) is 8.30. The van der Waals surface area contributed by atoms with E-state index >= 15 is 0 Å². The van der Waals surface area contributed by atoms with Crippen LogP contribution in [-0.4, -0.2) is 26.2 Å². The molecule has 1 amide bonds. The predicted molar refractivity (Wildman–Crippen MR) is 100 cm³/mol. The fraction of sp³-hybridized carbons (Fsp3) is 0.263. The minimum atomic E-state index is -4.22. The van der Waals surface area contributed by atoms with Crippen LogP contribution in [0.4, 0.5) is 10.1 Å². The van der Waals surface area contributed by atoms with Crippen LogP contribution >= 0.6 is 0 Å². The fourth-order valence-corrected chi connectivity index (χ4v) is 3.82. The number of benzene rings is 2. The first-order chi connectivity index (χ1) is 12.6. The zero-order valence-corrected chi connectivity index (χ0v) is 16.0. The Labute approximate surface area is 157 Å². The average Bonchev–Trinajstić information content (AvgIpc) is 2.60. The fourth-order valence-electron chi connectivity index (χ4n) is 2.39. The molecular formula is C19H21FN2O4S. The van der Waals surface area contributed by atoms with Crippen molar-refractivity contribution in [3.8, 4) is 0 Å². The van der Waals surface area contributed by atoms with Crippen molar-refractivity contribution in [3.63, 3.8) is 0 Å². The van der Waals surface area contributed by atoms with Crippen LogP contribution in [0.5, 0.6) is 0 Å². The third-order valence-corrected chi connectivity index (χ3v) is 5.39. The van der Waals surface area contributed by atoms with Gasteiger partial charge in [-0.2, -0.15) is 4.72 Å². The Kier molecular flexibility index (Phi) is 6.45. The van der Waals surface area contributed by atoms with Gasteiger partial charge in [-0.1, -0.05) is 26.0 Å². The molecule has 0 heterocycles. The number of sulfonamides is 1. The molecular weight excluding hydrogens is 371 g/mol. The Morgan fingerprint density at radius 1 is 1.00 bits per heavy atom. The van der Waals surface area contributed by atoms with Crippen LogP contribution in [0.15, 0.2) is 53.4 Å². The summed E-state index contributed by atoms with van der Waals surface area (Å²) >= 11 is 0. The summed E-state index contributed by atoms with van der Waals surface area (Å²) in [6.45, 7) is 4.78. The normalized spacial score (nSPS) is 12.6. The van der Waals surface area contributed by atoms with E-state index in [4.69, 9.17) is 0 Å². The van der Waals surface area contributed by atoms with E-state index < -0.39 is 32.7 Å². The molecule has 0 aromatic heterocycles. The average molecular weight is 392 g/mol. The highest BCUT2D eigenvalue weighted by Gasteiger charge is 2.29. The number of hydrogen-bond acceptors (Lipinski definition) is 4. The molecule has 1 atom stereocenters. The van der Waals surface area contributed by atoms with Gasteiger partial charge in [-0.15, -0.1) is 0 Å². The van der Waals surface area contributed by atoms with E-state index in [1.807, 2.05) is 0 Å². The van der Waals surface area contributed by atoms with E-state index in [1.54, 1.807) is 38.1 Å². The van der Waals surface area contributed by atoms with Crippen LogP contribution in [0.1, 0.15) is 31.1 Å². The molecule has 0 saturated heterocycles. The molecule has 1 unspecified atom stereocenters. The molecule has 0 aliphatic carbocycles. The topological polar surface area (TPSA) is 92.3 Å². The highest BCUT2D eigenvalue weighted by Crippen LogP contribution is 2.17. The van der Waals surface area contributed by atoms with Gasteiger partial charge in [0, 0.05) is 11.3 Å². The first-order valence-corrected chi connectivity index (χ1v) is 9.79. The van der Waals surface area contributed by atoms with Gasteiger partial charge >= 0.3 is 0 Å². The third kappa shape index (κ3) is 5.21. The minimum absolute atomic E-state index is 0.106. The van der Waals surface area contributed by atoms with Gasteiger partial charge in [0.1, 0.15) is 16.8 Å². The van der Waals surface area contributed by atoms with Crippen LogP contribution < -0.4 is 10.0 Å². The zero-order chi connectivity index (χ0) is 20.2. The van der Waals surface area contributed by atoms with Gasteiger partial charge in [-0.25, -0.2) is 12.8 Å². The largest absolute Gasteiger partial charge is 0.325 e.